The Bertz CT molecular complexity index is 1000. The highest BCUT2D eigenvalue weighted by Gasteiger charge is 2.27. The van der Waals surface area contributed by atoms with Gasteiger partial charge in [0.2, 0.25) is 0 Å². The Morgan fingerprint density at radius 3 is 2.31 bits per heavy atom. The molecule has 1 aliphatic heterocycles. The molecule has 0 radical (unpaired) electrons. The predicted molar refractivity (Wildman–Crippen MR) is 110 cm³/mol. The zero-order chi connectivity index (χ0) is 19.5. The fourth-order valence-corrected chi connectivity index (χ4v) is 3.85. The molecule has 0 saturated carbocycles. The molecule has 4 rings (SSSR count). The van der Waals surface area contributed by atoms with Gasteiger partial charge in [-0.2, -0.15) is 0 Å². The summed E-state index contributed by atoms with van der Waals surface area (Å²) in [6.45, 7) is 3.20. The molecule has 29 heavy (non-hydrogen) atoms. The lowest BCUT2D eigenvalue weighted by Crippen LogP contribution is -3.10. The molecule has 6 heteroatoms. The quantitative estimate of drug-likeness (QED) is 0.630. The fraction of sp³-hybridized carbons (Fsp3) is 0.261. The van der Waals surface area contributed by atoms with Crippen molar-refractivity contribution in [3.05, 3.63) is 66.2 Å². The Balaban J connectivity index is 0.00000240. The van der Waals surface area contributed by atoms with Crippen molar-refractivity contribution >= 4 is 22.4 Å². The second-order valence-electron chi connectivity index (χ2n) is 7.02. The van der Waals surface area contributed by atoms with Gasteiger partial charge in [0.25, 0.3) is 5.91 Å². The van der Waals surface area contributed by atoms with E-state index in [4.69, 9.17) is 9.47 Å². The Labute approximate surface area is 177 Å². The van der Waals surface area contributed by atoms with Gasteiger partial charge >= 0.3 is 0 Å². The number of nitrogens with zero attached hydrogens (tertiary/aromatic N) is 1. The second-order valence-corrected chi connectivity index (χ2v) is 7.02. The number of halogens is 1. The molecular weight excluding hydrogens is 388 g/mol. The summed E-state index contributed by atoms with van der Waals surface area (Å²) in [5.74, 6) is 1.82. The van der Waals surface area contributed by atoms with Crippen LogP contribution in [0.15, 0.2) is 60.7 Å². The number of para-hydroxylation sites is 2. The van der Waals surface area contributed by atoms with Gasteiger partial charge in [0.15, 0.2) is 11.4 Å². The number of rotatable bonds is 4. The Hall–Kier alpha value is -2.76. The predicted octanol–water partition coefficient (Wildman–Crippen LogP) is -0.467. The lowest BCUT2D eigenvalue weighted by molar-refractivity contribution is -0.837. The first-order valence-electron chi connectivity index (χ1n) is 9.55. The van der Waals surface area contributed by atoms with Gasteiger partial charge in [-0.05, 0) is 41.1 Å². The van der Waals surface area contributed by atoms with E-state index in [0.29, 0.717) is 0 Å². The van der Waals surface area contributed by atoms with E-state index in [1.54, 1.807) is 14.2 Å². The summed E-state index contributed by atoms with van der Waals surface area (Å²) >= 11 is 0. The standard InChI is InChI=1S/C23H24N2O3.ClH/c1-27-20-10-9-17-15-19(8-7-18(17)16-20)23(26)25-13-11-24(12-14-25)21-5-3-4-6-22(21)28-2;/h3-10,15-16H,11-14H2,1-2H3;1H. The minimum absolute atomic E-state index is 0. The summed E-state index contributed by atoms with van der Waals surface area (Å²) in [5.41, 5.74) is 1.90. The third-order valence-corrected chi connectivity index (χ3v) is 5.44. The molecule has 3 aromatic carbocycles. The first-order valence-corrected chi connectivity index (χ1v) is 9.55. The van der Waals surface area contributed by atoms with Gasteiger partial charge in [0.1, 0.15) is 5.75 Å². The van der Waals surface area contributed by atoms with Crippen molar-refractivity contribution in [2.45, 2.75) is 0 Å². The molecule has 0 spiro atoms. The molecule has 0 aliphatic carbocycles. The average molecular weight is 413 g/mol. The van der Waals surface area contributed by atoms with Crippen LogP contribution in [0.5, 0.6) is 11.5 Å². The minimum Gasteiger partial charge on any atom is -1.00 e. The number of quaternary nitrogens is 1. The van der Waals surface area contributed by atoms with Crippen LogP contribution in [0.1, 0.15) is 10.4 Å². The van der Waals surface area contributed by atoms with Crippen LogP contribution in [-0.4, -0.2) is 51.2 Å². The van der Waals surface area contributed by atoms with Crippen molar-refractivity contribution in [3.8, 4) is 11.5 Å². The van der Waals surface area contributed by atoms with Crippen molar-refractivity contribution in [2.75, 3.05) is 40.4 Å². The van der Waals surface area contributed by atoms with Gasteiger partial charge in [0, 0.05) is 11.6 Å². The number of hydrogen-bond acceptors (Lipinski definition) is 3. The van der Waals surface area contributed by atoms with E-state index in [1.165, 1.54) is 4.90 Å². The van der Waals surface area contributed by atoms with Crippen LogP contribution in [0.4, 0.5) is 5.69 Å². The molecule has 3 aromatic rings. The van der Waals surface area contributed by atoms with Crippen LogP contribution in [0.3, 0.4) is 0 Å². The number of fused-ring (bicyclic) bond motifs is 1. The highest BCUT2D eigenvalue weighted by molar-refractivity contribution is 5.98. The number of carbonyl (C=O) groups excluding carboxylic acids is 1. The number of hydrogen-bond donors (Lipinski definition) is 1. The van der Waals surface area contributed by atoms with Crippen LogP contribution < -0.4 is 26.8 Å². The molecule has 1 heterocycles. The molecule has 1 amide bonds. The molecule has 1 N–H and O–H groups in total. The van der Waals surface area contributed by atoms with Gasteiger partial charge in [-0.15, -0.1) is 0 Å². The van der Waals surface area contributed by atoms with E-state index in [2.05, 4.69) is 6.07 Å². The summed E-state index contributed by atoms with van der Waals surface area (Å²) in [4.78, 5) is 16.3. The highest BCUT2D eigenvalue weighted by Crippen LogP contribution is 2.23. The number of benzene rings is 3. The molecule has 0 aromatic heterocycles. The lowest BCUT2D eigenvalue weighted by atomic mass is 10.1. The maximum absolute atomic E-state index is 13.0. The normalized spacial score (nSPS) is 14.3. The lowest BCUT2D eigenvalue weighted by Gasteiger charge is -2.32. The molecule has 152 valence electrons. The average Bonchev–Trinajstić information content (AvgIpc) is 2.78. The number of amides is 1. The van der Waals surface area contributed by atoms with Crippen LogP contribution >= 0.6 is 0 Å². The first-order chi connectivity index (χ1) is 13.7. The number of piperazine rings is 1. The van der Waals surface area contributed by atoms with Gasteiger partial charge in [-0.1, -0.05) is 24.3 Å². The maximum atomic E-state index is 13.0. The molecule has 1 aliphatic rings. The number of ether oxygens (including phenoxy) is 2. The molecule has 0 unspecified atom stereocenters. The molecule has 0 atom stereocenters. The van der Waals surface area contributed by atoms with Crippen LogP contribution in [0.25, 0.3) is 10.8 Å². The topological polar surface area (TPSA) is 43.2 Å². The summed E-state index contributed by atoms with van der Waals surface area (Å²) in [6.07, 6.45) is 0. The zero-order valence-electron chi connectivity index (χ0n) is 16.7. The third kappa shape index (κ3) is 4.31. The van der Waals surface area contributed by atoms with Crippen molar-refractivity contribution in [1.29, 1.82) is 0 Å². The van der Waals surface area contributed by atoms with Crippen molar-refractivity contribution in [2.24, 2.45) is 0 Å². The van der Waals surface area contributed by atoms with Crippen LogP contribution in [0, 0.1) is 0 Å². The monoisotopic (exact) mass is 412 g/mol. The summed E-state index contributed by atoms with van der Waals surface area (Å²) in [7, 11) is 3.36. The number of carbonyl (C=O) groups is 1. The number of methoxy groups -OCH3 is 2. The van der Waals surface area contributed by atoms with Gasteiger partial charge in [0.05, 0.1) is 40.4 Å². The Kier molecular flexibility index (Phi) is 6.62. The van der Waals surface area contributed by atoms with Crippen LogP contribution in [0.2, 0.25) is 0 Å². The summed E-state index contributed by atoms with van der Waals surface area (Å²) in [5, 5.41) is 2.12. The fourth-order valence-electron chi connectivity index (χ4n) is 3.85. The Morgan fingerprint density at radius 1 is 0.897 bits per heavy atom. The van der Waals surface area contributed by atoms with Gasteiger partial charge in [-0.25, -0.2) is 0 Å². The maximum Gasteiger partial charge on any atom is 0.254 e. The minimum atomic E-state index is 0. The van der Waals surface area contributed by atoms with E-state index < -0.39 is 0 Å². The third-order valence-electron chi connectivity index (χ3n) is 5.44. The van der Waals surface area contributed by atoms with Crippen molar-refractivity contribution < 1.29 is 31.6 Å². The summed E-state index contributed by atoms with van der Waals surface area (Å²) < 4.78 is 10.8. The van der Waals surface area contributed by atoms with Crippen molar-refractivity contribution in [1.82, 2.24) is 4.90 Å². The van der Waals surface area contributed by atoms with Crippen LogP contribution in [-0.2, 0) is 0 Å². The summed E-state index contributed by atoms with van der Waals surface area (Å²) in [6, 6.07) is 19.9. The number of nitrogens with one attached hydrogen (secondary N) is 1. The molecule has 1 fully saturated rings. The SMILES string of the molecule is COc1ccc2cc(C(=O)N3CC[NH+](c4ccccc4OC)CC3)ccc2c1.[Cl-]. The van der Waals surface area contributed by atoms with E-state index in [9.17, 15) is 4.79 Å². The van der Waals surface area contributed by atoms with E-state index in [-0.39, 0.29) is 18.3 Å². The zero-order valence-corrected chi connectivity index (χ0v) is 17.4. The van der Waals surface area contributed by atoms with E-state index in [0.717, 1.165) is 59.7 Å². The van der Waals surface area contributed by atoms with E-state index >= 15 is 0 Å². The Morgan fingerprint density at radius 2 is 1.59 bits per heavy atom. The largest absolute Gasteiger partial charge is 1.00 e. The highest BCUT2D eigenvalue weighted by atomic mass is 35.5. The second kappa shape index (κ2) is 9.16. The van der Waals surface area contributed by atoms with E-state index in [1.807, 2.05) is 59.5 Å². The smallest absolute Gasteiger partial charge is 0.254 e. The van der Waals surface area contributed by atoms with Gasteiger partial charge in [-0.3, -0.25) is 9.69 Å². The molecule has 0 bridgehead atoms. The van der Waals surface area contributed by atoms with Crippen molar-refractivity contribution in [3.63, 3.8) is 0 Å². The molecule has 5 nitrogen and oxygen atoms in total. The van der Waals surface area contributed by atoms with Gasteiger partial charge < -0.3 is 26.8 Å². The first kappa shape index (κ1) is 21.0. The molecule has 1 saturated heterocycles. The molecular formula is C23H25ClN2O3.